The maximum Gasteiger partial charge on any atom is 0.163 e. The average molecular weight is 299 g/mol. The minimum Gasteiger partial charge on any atom is -0.294 e. The Kier molecular flexibility index (Phi) is 2.93. The van der Waals surface area contributed by atoms with Gasteiger partial charge in [-0.05, 0) is 37.8 Å². The van der Waals surface area contributed by atoms with E-state index >= 15 is 0 Å². The van der Waals surface area contributed by atoms with Crippen molar-refractivity contribution in [3.05, 3.63) is 64.5 Å². The predicted molar refractivity (Wildman–Crippen MR) is 93.6 cm³/mol. The monoisotopic (exact) mass is 299 g/mol. The number of rotatable bonds is 3. The van der Waals surface area contributed by atoms with Crippen LogP contribution in [0.5, 0.6) is 0 Å². The Labute approximate surface area is 132 Å². The van der Waals surface area contributed by atoms with E-state index in [4.69, 9.17) is 5.53 Å². The molecule has 4 nitrogen and oxygen atoms in total. The first kappa shape index (κ1) is 13.6. The lowest BCUT2D eigenvalue weighted by Gasteiger charge is -2.14. The van der Waals surface area contributed by atoms with Crippen molar-refractivity contribution in [2.45, 2.75) is 13.3 Å². The number of azide groups is 1. The van der Waals surface area contributed by atoms with Crippen LogP contribution in [0.3, 0.4) is 0 Å². The van der Waals surface area contributed by atoms with E-state index in [9.17, 15) is 4.79 Å². The van der Waals surface area contributed by atoms with E-state index in [1.54, 1.807) is 0 Å². The van der Waals surface area contributed by atoms with Crippen LogP contribution in [-0.2, 0) is 0 Å². The molecule has 0 amide bonds. The number of ketones is 1. The summed E-state index contributed by atoms with van der Waals surface area (Å²) < 4.78 is 0. The summed E-state index contributed by atoms with van der Waals surface area (Å²) in [6.07, 6.45) is 0.480. The summed E-state index contributed by atoms with van der Waals surface area (Å²) in [5, 5.41) is 9.96. The van der Waals surface area contributed by atoms with Crippen molar-refractivity contribution in [1.82, 2.24) is 0 Å². The molecule has 0 aliphatic rings. The highest BCUT2D eigenvalue weighted by Crippen LogP contribution is 2.39. The highest BCUT2D eigenvalue weighted by molar-refractivity contribution is 6.28. The average Bonchev–Trinajstić information content (AvgIpc) is 2.60. The Bertz CT molecular complexity index is 1120. The molecule has 0 spiro atoms. The molecule has 110 valence electrons. The van der Waals surface area contributed by atoms with Crippen molar-refractivity contribution >= 4 is 43.8 Å². The summed E-state index contributed by atoms with van der Waals surface area (Å²) in [5.74, 6) is 0.137. The number of benzene rings is 4. The Hall–Kier alpha value is -3.10. The fraction of sp³-hybridized carbons (Fsp3) is 0.105. The molecule has 0 fully saturated rings. The van der Waals surface area contributed by atoms with Gasteiger partial charge in [-0.25, -0.2) is 0 Å². The normalized spacial score (nSPS) is 11.2. The van der Waals surface area contributed by atoms with E-state index in [-0.39, 0.29) is 5.78 Å². The van der Waals surface area contributed by atoms with Gasteiger partial charge in [0.1, 0.15) is 0 Å². The molecular weight excluding hydrogens is 286 g/mol. The molecule has 4 rings (SSSR count). The molecule has 4 aromatic carbocycles. The summed E-state index contributed by atoms with van der Waals surface area (Å²) >= 11 is 0. The molecule has 0 aliphatic heterocycles. The third-order valence-corrected chi connectivity index (χ3v) is 4.42. The number of hydrogen-bond acceptors (Lipinski definition) is 2. The fourth-order valence-corrected chi connectivity index (χ4v) is 3.35. The van der Waals surface area contributed by atoms with Crippen LogP contribution in [0, 0.1) is 0 Å². The van der Waals surface area contributed by atoms with Gasteiger partial charge in [-0.2, -0.15) is 0 Å². The minimum atomic E-state index is 0.137. The van der Waals surface area contributed by atoms with E-state index in [1.165, 1.54) is 0 Å². The fourth-order valence-electron chi connectivity index (χ4n) is 3.35. The molecule has 0 radical (unpaired) electrons. The number of carbonyl (C=O) groups excluding carboxylic acids is 1. The van der Waals surface area contributed by atoms with E-state index < -0.39 is 0 Å². The second-order valence-corrected chi connectivity index (χ2v) is 5.59. The lowest BCUT2D eigenvalue weighted by atomic mass is 9.90. The molecule has 0 aliphatic carbocycles. The Morgan fingerprint density at radius 1 is 0.957 bits per heavy atom. The van der Waals surface area contributed by atoms with Gasteiger partial charge in [-0.1, -0.05) is 60.6 Å². The molecule has 0 aromatic heterocycles. The smallest absolute Gasteiger partial charge is 0.163 e. The first-order chi connectivity index (χ1) is 11.2. The van der Waals surface area contributed by atoms with Gasteiger partial charge in [0.15, 0.2) is 5.78 Å². The topological polar surface area (TPSA) is 65.8 Å². The van der Waals surface area contributed by atoms with Crippen LogP contribution in [0.15, 0.2) is 53.6 Å². The molecular formula is C19H13N3O. The number of Topliss-reactive ketones (excluding diaryl/α,β-unsaturated/α-hetero) is 1. The highest BCUT2D eigenvalue weighted by Gasteiger charge is 2.15. The molecule has 0 saturated heterocycles. The van der Waals surface area contributed by atoms with Gasteiger partial charge in [-0.15, -0.1) is 0 Å². The van der Waals surface area contributed by atoms with Gasteiger partial charge in [0, 0.05) is 22.6 Å². The zero-order valence-electron chi connectivity index (χ0n) is 12.6. The second kappa shape index (κ2) is 4.97. The van der Waals surface area contributed by atoms with Crippen LogP contribution in [0.25, 0.3) is 42.8 Å². The molecule has 23 heavy (non-hydrogen) atoms. The maximum atomic E-state index is 12.3. The maximum absolute atomic E-state index is 12.3. The number of nitrogens with zero attached hydrogens (tertiary/aromatic N) is 3. The zero-order chi connectivity index (χ0) is 16.0. The molecule has 0 atom stereocenters. The molecule has 0 N–H and O–H groups in total. The van der Waals surface area contributed by atoms with Crippen molar-refractivity contribution < 1.29 is 4.79 Å². The van der Waals surface area contributed by atoms with E-state index in [0.717, 1.165) is 37.9 Å². The SMILES string of the molecule is CCC(=O)c1ccc2ccc3c(N=[N+]=[N-])ccc4ccc1c2c43. The molecule has 0 unspecified atom stereocenters. The molecule has 0 bridgehead atoms. The summed E-state index contributed by atoms with van der Waals surface area (Å²) in [4.78, 5) is 15.2. The first-order valence-electron chi connectivity index (χ1n) is 7.53. The van der Waals surface area contributed by atoms with Crippen molar-refractivity contribution in [2.75, 3.05) is 0 Å². The Morgan fingerprint density at radius 2 is 1.57 bits per heavy atom. The molecule has 4 heteroatoms. The van der Waals surface area contributed by atoms with Gasteiger partial charge >= 0.3 is 0 Å². The lowest BCUT2D eigenvalue weighted by molar-refractivity contribution is 0.0990. The number of carbonyl (C=O) groups is 1. The third-order valence-electron chi connectivity index (χ3n) is 4.42. The van der Waals surface area contributed by atoms with Crippen LogP contribution < -0.4 is 0 Å². The largest absolute Gasteiger partial charge is 0.294 e. The van der Waals surface area contributed by atoms with Gasteiger partial charge < -0.3 is 0 Å². The summed E-state index contributed by atoms with van der Waals surface area (Å²) in [6.45, 7) is 1.88. The van der Waals surface area contributed by atoms with Crippen molar-refractivity contribution in [3.63, 3.8) is 0 Å². The van der Waals surface area contributed by atoms with E-state index in [0.29, 0.717) is 12.1 Å². The third kappa shape index (κ3) is 1.86. The predicted octanol–water partition coefficient (Wildman–Crippen LogP) is 6.12. The second-order valence-electron chi connectivity index (χ2n) is 5.59. The van der Waals surface area contributed by atoms with Gasteiger partial charge in [-0.3, -0.25) is 4.79 Å². The number of hydrogen-bond donors (Lipinski definition) is 0. The highest BCUT2D eigenvalue weighted by atomic mass is 16.1. The molecule has 0 heterocycles. The van der Waals surface area contributed by atoms with Crippen LogP contribution in [0.1, 0.15) is 23.7 Å². The zero-order valence-corrected chi connectivity index (χ0v) is 12.6. The van der Waals surface area contributed by atoms with Crippen molar-refractivity contribution in [2.24, 2.45) is 5.11 Å². The van der Waals surface area contributed by atoms with Crippen molar-refractivity contribution in [3.8, 4) is 0 Å². The molecule has 4 aromatic rings. The molecule has 0 saturated carbocycles. The standard InChI is InChI=1S/C19H13N3O/c1-2-17(23)13-7-3-11-5-9-15-16(21-22-20)10-6-12-4-8-14(13)18(11)19(12)15/h3-10H,2H2,1H3. The van der Waals surface area contributed by atoms with E-state index in [1.807, 2.05) is 55.5 Å². The van der Waals surface area contributed by atoms with Crippen molar-refractivity contribution in [1.29, 1.82) is 0 Å². The lowest BCUT2D eigenvalue weighted by Crippen LogP contribution is -1.98. The van der Waals surface area contributed by atoms with Crippen LogP contribution in [-0.4, -0.2) is 5.78 Å². The Balaban J connectivity index is 2.26. The van der Waals surface area contributed by atoms with Gasteiger partial charge in [0.25, 0.3) is 0 Å². The van der Waals surface area contributed by atoms with Gasteiger partial charge in [0.05, 0.1) is 0 Å². The summed E-state index contributed by atoms with van der Waals surface area (Å²) in [5.41, 5.74) is 10.1. The quantitative estimate of drug-likeness (QED) is 0.148. The van der Waals surface area contributed by atoms with Crippen LogP contribution in [0.2, 0.25) is 0 Å². The minimum absolute atomic E-state index is 0.137. The summed E-state index contributed by atoms with van der Waals surface area (Å²) in [7, 11) is 0. The Morgan fingerprint density at radius 3 is 2.26 bits per heavy atom. The van der Waals surface area contributed by atoms with E-state index in [2.05, 4.69) is 10.0 Å². The van der Waals surface area contributed by atoms with Gasteiger partial charge in [0.2, 0.25) is 0 Å². The van der Waals surface area contributed by atoms with Crippen LogP contribution in [0.4, 0.5) is 5.69 Å². The van der Waals surface area contributed by atoms with Crippen LogP contribution >= 0.6 is 0 Å². The summed E-state index contributed by atoms with van der Waals surface area (Å²) in [6, 6.07) is 15.7. The first-order valence-corrected chi connectivity index (χ1v) is 7.53.